The Labute approximate surface area is 128 Å². The van der Waals surface area contributed by atoms with E-state index in [-0.39, 0.29) is 11.6 Å². The molecule has 1 aromatic carbocycles. The zero-order chi connectivity index (χ0) is 15.8. The van der Waals surface area contributed by atoms with Gasteiger partial charge < -0.3 is 4.90 Å². The van der Waals surface area contributed by atoms with Crippen molar-refractivity contribution in [3.05, 3.63) is 35.6 Å². The Balaban J connectivity index is 2.41. The molecular weight excluding hydrogens is 265 g/mol. The van der Waals surface area contributed by atoms with Crippen molar-refractivity contribution in [3.8, 4) is 0 Å². The first-order valence-corrected chi connectivity index (χ1v) is 7.89. The molecule has 1 aromatic rings. The van der Waals surface area contributed by atoms with Crippen molar-refractivity contribution in [2.75, 3.05) is 19.6 Å². The summed E-state index contributed by atoms with van der Waals surface area (Å²) in [5.74, 6) is 1.07. The fourth-order valence-corrected chi connectivity index (χ4v) is 2.53. The Hall–Kier alpha value is -1.22. The van der Waals surface area contributed by atoms with Gasteiger partial charge in [0.1, 0.15) is 5.82 Å². The lowest BCUT2D eigenvalue weighted by Crippen LogP contribution is -2.32. The highest BCUT2D eigenvalue weighted by atomic mass is 19.1. The minimum Gasteiger partial charge on any atom is -0.303 e. The minimum absolute atomic E-state index is 0.101. The van der Waals surface area contributed by atoms with Crippen LogP contribution in [0.3, 0.4) is 0 Å². The molecule has 0 aliphatic rings. The van der Waals surface area contributed by atoms with Crippen molar-refractivity contribution in [2.45, 2.75) is 40.5 Å². The second-order valence-electron chi connectivity index (χ2n) is 6.58. The molecule has 2 nitrogen and oxygen atoms in total. The van der Waals surface area contributed by atoms with Gasteiger partial charge in [-0.1, -0.05) is 27.7 Å². The van der Waals surface area contributed by atoms with Crippen LogP contribution in [0.4, 0.5) is 4.39 Å². The van der Waals surface area contributed by atoms with E-state index in [4.69, 9.17) is 0 Å². The Kier molecular flexibility index (Phi) is 7.58. The SMILES string of the molecule is CC(C)CN(CCCC(=O)c1ccc(F)cc1)CC(C)C. The molecule has 21 heavy (non-hydrogen) atoms. The second-order valence-corrected chi connectivity index (χ2v) is 6.58. The van der Waals surface area contributed by atoms with Crippen LogP contribution >= 0.6 is 0 Å². The lowest BCUT2D eigenvalue weighted by atomic mass is 10.1. The van der Waals surface area contributed by atoms with Crippen LogP contribution in [0, 0.1) is 17.7 Å². The highest BCUT2D eigenvalue weighted by Gasteiger charge is 2.11. The van der Waals surface area contributed by atoms with Crippen molar-refractivity contribution in [1.29, 1.82) is 0 Å². The highest BCUT2D eigenvalue weighted by molar-refractivity contribution is 5.95. The minimum atomic E-state index is -0.299. The predicted octanol–water partition coefficient (Wildman–Crippen LogP) is 4.40. The number of carbonyl (C=O) groups is 1. The van der Waals surface area contributed by atoms with Gasteiger partial charge in [-0.25, -0.2) is 4.39 Å². The normalized spacial score (nSPS) is 11.6. The van der Waals surface area contributed by atoms with E-state index < -0.39 is 0 Å². The molecule has 0 aliphatic carbocycles. The predicted molar refractivity (Wildman–Crippen MR) is 86.1 cm³/mol. The summed E-state index contributed by atoms with van der Waals surface area (Å²) >= 11 is 0. The second kappa shape index (κ2) is 8.93. The number of nitrogens with zero attached hydrogens (tertiary/aromatic N) is 1. The molecule has 0 saturated carbocycles. The maximum atomic E-state index is 12.8. The van der Waals surface area contributed by atoms with Gasteiger partial charge in [-0.3, -0.25) is 4.79 Å². The molecule has 0 amide bonds. The molecule has 0 fully saturated rings. The van der Waals surface area contributed by atoms with Crippen molar-refractivity contribution in [3.63, 3.8) is 0 Å². The first-order valence-electron chi connectivity index (χ1n) is 7.89. The number of rotatable bonds is 9. The van der Waals surface area contributed by atoms with E-state index in [1.807, 2.05) is 0 Å². The molecule has 3 heteroatoms. The molecule has 118 valence electrons. The van der Waals surface area contributed by atoms with Crippen molar-refractivity contribution in [1.82, 2.24) is 4.90 Å². The topological polar surface area (TPSA) is 20.3 Å². The summed E-state index contributed by atoms with van der Waals surface area (Å²) in [5.41, 5.74) is 0.607. The molecule has 0 spiro atoms. The lowest BCUT2D eigenvalue weighted by molar-refractivity contribution is 0.0972. The zero-order valence-corrected chi connectivity index (χ0v) is 13.7. The summed E-state index contributed by atoms with van der Waals surface area (Å²) < 4.78 is 12.8. The van der Waals surface area contributed by atoms with E-state index in [0.29, 0.717) is 23.8 Å². The number of Topliss-reactive ketones (excluding diaryl/α,β-unsaturated/α-hetero) is 1. The zero-order valence-electron chi connectivity index (χ0n) is 13.7. The fourth-order valence-electron chi connectivity index (χ4n) is 2.53. The van der Waals surface area contributed by atoms with Crippen molar-refractivity contribution < 1.29 is 9.18 Å². The van der Waals surface area contributed by atoms with Crippen LogP contribution in [0.2, 0.25) is 0 Å². The van der Waals surface area contributed by atoms with E-state index in [1.54, 1.807) is 12.1 Å². The molecule has 0 atom stereocenters. The molecule has 0 aromatic heterocycles. The van der Waals surface area contributed by atoms with E-state index in [0.717, 1.165) is 26.1 Å². The highest BCUT2D eigenvalue weighted by Crippen LogP contribution is 2.10. The Morgan fingerprint density at radius 3 is 2.05 bits per heavy atom. The maximum absolute atomic E-state index is 12.8. The molecule has 1 rings (SSSR count). The standard InChI is InChI=1S/C18H28FNO/c1-14(2)12-20(13-15(3)4)11-5-6-18(21)16-7-9-17(19)10-8-16/h7-10,14-15H,5-6,11-13H2,1-4H3. The molecule has 0 unspecified atom stereocenters. The molecule has 0 N–H and O–H groups in total. The van der Waals surface area contributed by atoms with Crippen LogP contribution in [0.1, 0.15) is 50.9 Å². The van der Waals surface area contributed by atoms with E-state index in [1.165, 1.54) is 12.1 Å². The molecule has 0 saturated heterocycles. The third-order valence-electron chi connectivity index (χ3n) is 3.29. The quantitative estimate of drug-likeness (QED) is 0.629. The average Bonchev–Trinajstić information content (AvgIpc) is 2.37. The van der Waals surface area contributed by atoms with Gasteiger partial charge in [0.25, 0.3) is 0 Å². The van der Waals surface area contributed by atoms with Crippen LogP contribution in [-0.4, -0.2) is 30.3 Å². The summed E-state index contributed by atoms with van der Waals surface area (Å²) in [6.07, 6.45) is 1.38. The monoisotopic (exact) mass is 293 g/mol. The average molecular weight is 293 g/mol. The van der Waals surface area contributed by atoms with Gasteiger partial charge in [0, 0.05) is 25.1 Å². The van der Waals surface area contributed by atoms with Gasteiger partial charge in [0.2, 0.25) is 0 Å². The van der Waals surface area contributed by atoms with E-state index in [2.05, 4.69) is 32.6 Å². The van der Waals surface area contributed by atoms with Gasteiger partial charge in [-0.05, 0) is 49.1 Å². The number of carbonyl (C=O) groups excluding carboxylic acids is 1. The first-order chi connectivity index (χ1) is 9.88. The molecular formula is C18H28FNO. The largest absolute Gasteiger partial charge is 0.303 e. The van der Waals surface area contributed by atoms with Crippen LogP contribution in [-0.2, 0) is 0 Å². The van der Waals surface area contributed by atoms with Gasteiger partial charge in [0.05, 0.1) is 0 Å². The first kappa shape index (κ1) is 17.8. The van der Waals surface area contributed by atoms with Crippen molar-refractivity contribution in [2.24, 2.45) is 11.8 Å². The molecule has 0 bridgehead atoms. The van der Waals surface area contributed by atoms with Crippen LogP contribution in [0.15, 0.2) is 24.3 Å². The Morgan fingerprint density at radius 1 is 1.05 bits per heavy atom. The van der Waals surface area contributed by atoms with Gasteiger partial charge in [0.15, 0.2) is 5.78 Å². The maximum Gasteiger partial charge on any atom is 0.162 e. The smallest absolute Gasteiger partial charge is 0.162 e. The Morgan fingerprint density at radius 2 is 1.57 bits per heavy atom. The number of ketones is 1. The summed E-state index contributed by atoms with van der Waals surface area (Å²) in [5, 5.41) is 0. The van der Waals surface area contributed by atoms with Crippen LogP contribution in [0.25, 0.3) is 0 Å². The third-order valence-corrected chi connectivity index (χ3v) is 3.29. The summed E-state index contributed by atoms with van der Waals surface area (Å²) in [7, 11) is 0. The molecule has 0 heterocycles. The number of hydrogen-bond acceptors (Lipinski definition) is 2. The van der Waals surface area contributed by atoms with Gasteiger partial charge >= 0.3 is 0 Å². The fraction of sp³-hybridized carbons (Fsp3) is 0.611. The van der Waals surface area contributed by atoms with E-state index in [9.17, 15) is 9.18 Å². The summed E-state index contributed by atoms with van der Waals surface area (Å²) in [4.78, 5) is 14.5. The Bertz CT molecular complexity index is 415. The van der Waals surface area contributed by atoms with Gasteiger partial charge in [-0.2, -0.15) is 0 Å². The van der Waals surface area contributed by atoms with Gasteiger partial charge in [-0.15, -0.1) is 0 Å². The molecule has 0 aliphatic heterocycles. The number of hydrogen-bond donors (Lipinski definition) is 0. The summed E-state index contributed by atoms with van der Waals surface area (Å²) in [6, 6.07) is 5.82. The number of halogens is 1. The van der Waals surface area contributed by atoms with Crippen LogP contribution in [0.5, 0.6) is 0 Å². The lowest BCUT2D eigenvalue weighted by Gasteiger charge is -2.25. The van der Waals surface area contributed by atoms with Crippen LogP contribution < -0.4 is 0 Å². The molecule has 0 radical (unpaired) electrons. The third kappa shape index (κ3) is 7.37. The van der Waals surface area contributed by atoms with E-state index >= 15 is 0 Å². The van der Waals surface area contributed by atoms with Crippen molar-refractivity contribution >= 4 is 5.78 Å². The summed E-state index contributed by atoms with van der Waals surface area (Å²) in [6.45, 7) is 12.0. The number of benzene rings is 1.